The fraction of sp³-hybridized carbons (Fsp3) is 0.667. The van der Waals surface area contributed by atoms with Crippen LogP contribution < -0.4 is 0 Å². The van der Waals surface area contributed by atoms with E-state index in [-0.39, 0.29) is 11.6 Å². The molecule has 0 rings (SSSR count). The van der Waals surface area contributed by atoms with Gasteiger partial charge in [0.2, 0.25) is 0 Å². The Morgan fingerprint density at radius 2 is 1.25 bits per heavy atom. The third-order valence-electron chi connectivity index (χ3n) is 2.04. The number of ketones is 2. The zero-order valence-corrected chi connectivity index (χ0v) is 10.1. The van der Waals surface area contributed by atoms with Crippen molar-refractivity contribution >= 4 is 24.0 Å². The first kappa shape index (κ1) is 14.7. The fourth-order valence-corrected chi connectivity index (χ4v) is 0.919. The number of hydrogen-bond acceptors (Lipinski definition) is 4. The minimum absolute atomic E-state index is 0.195. The minimum Gasteiger partial charge on any atom is -0.299 e. The van der Waals surface area contributed by atoms with Crippen molar-refractivity contribution in [3.63, 3.8) is 0 Å². The maximum Gasteiger partial charge on any atom is 0.137 e. The van der Waals surface area contributed by atoms with E-state index in [2.05, 4.69) is 9.98 Å². The van der Waals surface area contributed by atoms with E-state index >= 15 is 0 Å². The molecule has 0 saturated heterocycles. The minimum atomic E-state index is 0.195. The van der Waals surface area contributed by atoms with Crippen LogP contribution in [-0.2, 0) is 9.59 Å². The molecule has 90 valence electrons. The summed E-state index contributed by atoms with van der Waals surface area (Å²) < 4.78 is 0. The molecule has 0 bridgehead atoms. The van der Waals surface area contributed by atoms with Crippen molar-refractivity contribution in [2.24, 2.45) is 9.98 Å². The molecule has 0 aliphatic rings. The summed E-state index contributed by atoms with van der Waals surface area (Å²) in [5, 5.41) is 0. The largest absolute Gasteiger partial charge is 0.299 e. The summed E-state index contributed by atoms with van der Waals surface area (Å²) in [6, 6.07) is 0. The Labute approximate surface area is 96.9 Å². The van der Waals surface area contributed by atoms with E-state index in [0.29, 0.717) is 38.8 Å². The lowest BCUT2D eigenvalue weighted by molar-refractivity contribution is -0.118. The second kappa shape index (κ2) is 10.2. The van der Waals surface area contributed by atoms with Crippen LogP contribution in [0.2, 0.25) is 0 Å². The Balaban J connectivity index is 3.45. The summed E-state index contributed by atoms with van der Waals surface area (Å²) in [5.41, 5.74) is 0. The van der Waals surface area contributed by atoms with E-state index in [4.69, 9.17) is 0 Å². The van der Waals surface area contributed by atoms with Gasteiger partial charge in [-0.25, -0.2) is 0 Å². The third kappa shape index (κ3) is 9.24. The third-order valence-corrected chi connectivity index (χ3v) is 2.04. The standard InChI is InChI=1S/C12H20N2O2/c1-3-11(15)5-7-13-9-10-14-8-6-12(16)4-2/h7-8H,3-6,9-10H2,1-2H3/b13-7-,14-8-. The van der Waals surface area contributed by atoms with Gasteiger partial charge in [-0.3, -0.25) is 19.6 Å². The second-order valence-electron chi connectivity index (χ2n) is 3.37. The summed E-state index contributed by atoms with van der Waals surface area (Å²) in [4.78, 5) is 29.9. The monoisotopic (exact) mass is 224 g/mol. The zero-order valence-electron chi connectivity index (χ0n) is 10.1. The summed E-state index contributed by atoms with van der Waals surface area (Å²) in [5.74, 6) is 0.390. The van der Waals surface area contributed by atoms with Crippen molar-refractivity contribution in [2.45, 2.75) is 39.5 Å². The van der Waals surface area contributed by atoms with Crippen molar-refractivity contribution in [1.82, 2.24) is 0 Å². The molecule has 0 aromatic carbocycles. The molecule has 0 N–H and O–H groups in total. The molecule has 0 aromatic heterocycles. The van der Waals surface area contributed by atoms with Crippen molar-refractivity contribution in [1.29, 1.82) is 0 Å². The molecule has 0 saturated carbocycles. The SMILES string of the molecule is CCC(=O)C/C=N\CC/N=C\CC(=O)CC. The van der Waals surface area contributed by atoms with Gasteiger partial charge in [-0.15, -0.1) is 0 Å². The molecule has 0 atom stereocenters. The fourth-order valence-electron chi connectivity index (χ4n) is 0.919. The highest BCUT2D eigenvalue weighted by Crippen LogP contribution is 1.86. The van der Waals surface area contributed by atoms with Gasteiger partial charge >= 0.3 is 0 Å². The van der Waals surface area contributed by atoms with Crippen LogP contribution in [0, 0.1) is 0 Å². The molecule has 0 unspecified atom stereocenters. The van der Waals surface area contributed by atoms with Crippen molar-refractivity contribution in [2.75, 3.05) is 13.1 Å². The van der Waals surface area contributed by atoms with Crippen molar-refractivity contribution < 1.29 is 9.59 Å². The summed E-state index contributed by atoms with van der Waals surface area (Å²) in [6.07, 6.45) is 5.22. The lowest BCUT2D eigenvalue weighted by Gasteiger charge is -1.91. The topological polar surface area (TPSA) is 58.9 Å². The van der Waals surface area contributed by atoms with Gasteiger partial charge in [0.25, 0.3) is 0 Å². The number of hydrogen-bond donors (Lipinski definition) is 0. The highest BCUT2D eigenvalue weighted by atomic mass is 16.1. The normalized spacial score (nSPS) is 11.4. The lowest BCUT2D eigenvalue weighted by Crippen LogP contribution is -1.97. The summed E-state index contributed by atoms with van der Waals surface area (Å²) in [6.45, 7) is 4.83. The molecule has 0 aliphatic heterocycles. The highest BCUT2D eigenvalue weighted by molar-refractivity contribution is 5.91. The Kier molecular flexibility index (Phi) is 9.36. The van der Waals surface area contributed by atoms with Crippen LogP contribution in [0.5, 0.6) is 0 Å². The molecule has 0 aliphatic carbocycles. The van der Waals surface area contributed by atoms with Crippen LogP contribution in [0.25, 0.3) is 0 Å². The molecule has 4 nitrogen and oxygen atoms in total. The first-order valence-corrected chi connectivity index (χ1v) is 5.70. The van der Waals surface area contributed by atoms with Gasteiger partial charge in [-0.2, -0.15) is 0 Å². The van der Waals surface area contributed by atoms with Gasteiger partial charge < -0.3 is 0 Å². The Morgan fingerprint density at radius 3 is 1.56 bits per heavy atom. The van der Waals surface area contributed by atoms with E-state index in [0.717, 1.165) is 0 Å². The predicted molar refractivity (Wildman–Crippen MR) is 66.5 cm³/mol. The van der Waals surface area contributed by atoms with Crippen LogP contribution in [0.3, 0.4) is 0 Å². The van der Waals surface area contributed by atoms with Gasteiger partial charge in [-0.05, 0) is 0 Å². The predicted octanol–water partition coefficient (Wildman–Crippen LogP) is 1.87. The van der Waals surface area contributed by atoms with Gasteiger partial charge in [0.15, 0.2) is 0 Å². The molecular weight excluding hydrogens is 204 g/mol. The number of rotatable bonds is 9. The number of carbonyl (C=O) groups is 2. The Hall–Kier alpha value is -1.32. The molecular formula is C12H20N2O2. The molecule has 0 aromatic rings. The molecule has 4 heteroatoms. The average molecular weight is 224 g/mol. The number of aliphatic imine (C=N–C) groups is 2. The van der Waals surface area contributed by atoms with Crippen LogP contribution >= 0.6 is 0 Å². The maximum absolute atomic E-state index is 10.9. The first-order valence-electron chi connectivity index (χ1n) is 5.70. The molecule has 0 spiro atoms. The van der Waals surface area contributed by atoms with Crippen molar-refractivity contribution in [3.05, 3.63) is 0 Å². The van der Waals surface area contributed by atoms with Crippen LogP contribution in [0.15, 0.2) is 9.98 Å². The summed E-state index contributed by atoms with van der Waals surface area (Å²) in [7, 11) is 0. The van der Waals surface area contributed by atoms with E-state index in [1.807, 2.05) is 13.8 Å². The number of Topliss-reactive ketones (excluding diaryl/α,β-unsaturated/α-hetero) is 2. The van der Waals surface area contributed by atoms with Gasteiger partial charge in [0, 0.05) is 38.1 Å². The molecule has 0 amide bonds. The van der Waals surface area contributed by atoms with E-state index < -0.39 is 0 Å². The smallest absolute Gasteiger partial charge is 0.137 e. The van der Waals surface area contributed by atoms with Gasteiger partial charge in [-0.1, -0.05) is 13.8 Å². The van der Waals surface area contributed by atoms with Gasteiger partial charge in [0.1, 0.15) is 11.6 Å². The van der Waals surface area contributed by atoms with Crippen LogP contribution in [0.4, 0.5) is 0 Å². The molecule has 0 heterocycles. The molecule has 16 heavy (non-hydrogen) atoms. The quantitative estimate of drug-likeness (QED) is 0.443. The van der Waals surface area contributed by atoms with E-state index in [1.165, 1.54) is 0 Å². The second-order valence-corrected chi connectivity index (χ2v) is 3.37. The van der Waals surface area contributed by atoms with E-state index in [1.54, 1.807) is 12.4 Å². The lowest BCUT2D eigenvalue weighted by atomic mass is 10.2. The Morgan fingerprint density at radius 1 is 0.875 bits per heavy atom. The van der Waals surface area contributed by atoms with Crippen molar-refractivity contribution in [3.8, 4) is 0 Å². The number of carbonyl (C=O) groups excluding carboxylic acids is 2. The molecule has 0 radical (unpaired) electrons. The summed E-state index contributed by atoms with van der Waals surface area (Å²) >= 11 is 0. The van der Waals surface area contributed by atoms with Crippen LogP contribution in [0.1, 0.15) is 39.5 Å². The average Bonchev–Trinajstić information content (AvgIpc) is 2.31. The zero-order chi connectivity index (χ0) is 12.2. The van der Waals surface area contributed by atoms with Gasteiger partial charge in [0.05, 0.1) is 13.1 Å². The maximum atomic E-state index is 10.9. The highest BCUT2D eigenvalue weighted by Gasteiger charge is 1.93. The Bertz CT molecular complexity index is 242. The van der Waals surface area contributed by atoms with E-state index in [9.17, 15) is 9.59 Å². The van der Waals surface area contributed by atoms with Crippen LogP contribution in [-0.4, -0.2) is 37.1 Å². The first-order chi connectivity index (χ1) is 7.70. The molecule has 0 fully saturated rings. The number of nitrogens with zero attached hydrogens (tertiary/aromatic N) is 2.